The van der Waals surface area contributed by atoms with E-state index in [1.165, 1.54) is 24.1 Å². The maximum atomic E-state index is 5.69. The summed E-state index contributed by atoms with van der Waals surface area (Å²) >= 11 is 0. The van der Waals surface area contributed by atoms with E-state index in [9.17, 15) is 0 Å². The summed E-state index contributed by atoms with van der Waals surface area (Å²) in [6.45, 7) is 0.827. The van der Waals surface area contributed by atoms with Crippen LogP contribution in [0.5, 0.6) is 0 Å². The number of hydrogen-bond acceptors (Lipinski definition) is 2. The molecule has 1 atom stereocenters. The maximum Gasteiger partial charge on any atom is 0.0435 e. The van der Waals surface area contributed by atoms with Gasteiger partial charge in [0.15, 0.2) is 0 Å². The second-order valence-corrected chi connectivity index (χ2v) is 3.79. The van der Waals surface area contributed by atoms with E-state index in [2.05, 4.69) is 11.1 Å². The Labute approximate surface area is 79.2 Å². The van der Waals surface area contributed by atoms with E-state index < -0.39 is 0 Å². The smallest absolute Gasteiger partial charge is 0.0435 e. The van der Waals surface area contributed by atoms with E-state index >= 15 is 0 Å². The zero-order valence-electron chi connectivity index (χ0n) is 7.87. The van der Waals surface area contributed by atoms with Gasteiger partial charge < -0.3 is 5.73 Å². The zero-order chi connectivity index (χ0) is 9.10. The lowest BCUT2D eigenvalue weighted by molar-refractivity contribution is 0.475. The summed E-state index contributed by atoms with van der Waals surface area (Å²) in [5, 5.41) is 0. The highest BCUT2D eigenvalue weighted by Gasteiger charge is 2.14. The fraction of sp³-hybridized carbons (Fsp3) is 0.545. The predicted octanol–water partition coefficient (Wildman–Crippen LogP) is 1.54. The van der Waals surface area contributed by atoms with E-state index in [0.717, 1.165) is 19.4 Å². The molecule has 1 heterocycles. The minimum atomic E-state index is 0.703. The van der Waals surface area contributed by atoms with Crippen molar-refractivity contribution in [2.45, 2.75) is 25.7 Å². The molecule has 1 unspecified atom stereocenters. The van der Waals surface area contributed by atoms with E-state index in [0.29, 0.717) is 5.92 Å². The highest BCUT2D eigenvalue weighted by Crippen LogP contribution is 2.21. The van der Waals surface area contributed by atoms with Gasteiger partial charge in [-0.3, -0.25) is 4.98 Å². The average molecular weight is 176 g/mol. The standard InChI is InChI=1S/C11H16N2/c12-8-9-3-5-10-2-1-7-13-11(10)6-4-9/h1-2,7,9H,3-6,8,12H2. The molecule has 2 nitrogen and oxygen atoms in total. The summed E-state index contributed by atoms with van der Waals surface area (Å²) in [6.07, 6.45) is 6.60. The molecular formula is C11H16N2. The monoisotopic (exact) mass is 176 g/mol. The van der Waals surface area contributed by atoms with Gasteiger partial charge in [0.05, 0.1) is 0 Å². The molecule has 1 aromatic rings. The van der Waals surface area contributed by atoms with Gasteiger partial charge in [-0.2, -0.15) is 0 Å². The van der Waals surface area contributed by atoms with Gasteiger partial charge in [-0.25, -0.2) is 0 Å². The first kappa shape index (κ1) is 8.70. The van der Waals surface area contributed by atoms with Gasteiger partial charge in [0.2, 0.25) is 0 Å². The predicted molar refractivity (Wildman–Crippen MR) is 53.4 cm³/mol. The zero-order valence-corrected chi connectivity index (χ0v) is 7.87. The Morgan fingerprint density at radius 1 is 1.38 bits per heavy atom. The molecule has 0 amide bonds. The molecule has 2 heteroatoms. The van der Waals surface area contributed by atoms with Crippen LogP contribution in [0.2, 0.25) is 0 Å². The van der Waals surface area contributed by atoms with Crippen LogP contribution in [-0.4, -0.2) is 11.5 Å². The fourth-order valence-corrected chi connectivity index (χ4v) is 2.00. The molecular weight excluding hydrogens is 160 g/mol. The lowest BCUT2D eigenvalue weighted by Gasteiger charge is -2.08. The van der Waals surface area contributed by atoms with Crippen LogP contribution in [-0.2, 0) is 12.8 Å². The van der Waals surface area contributed by atoms with Crippen LogP contribution in [0.25, 0.3) is 0 Å². The molecule has 0 radical (unpaired) electrons. The van der Waals surface area contributed by atoms with E-state index in [1.807, 2.05) is 12.3 Å². The Hall–Kier alpha value is -0.890. The van der Waals surface area contributed by atoms with Gasteiger partial charge in [-0.15, -0.1) is 0 Å². The molecule has 0 aliphatic heterocycles. The number of pyridine rings is 1. The van der Waals surface area contributed by atoms with Crippen molar-refractivity contribution in [2.24, 2.45) is 11.7 Å². The maximum absolute atomic E-state index is 5.69. The fourth-order valence-electron chi connectivity index (χ4n) is 2.00. The summed E-state index contributed by atoms with van der Waals surface area (Å²) in [6, 6.07) is 4.23. The van der Waals surface area contributed by atoms with Crippen LogP contribution in [0.4, 0.5) is 0 Å². The van der Waals surface area contributed by atoms with Crippen LogP contribution in [0.15, 0.2) is 18.3 Å². The molecule has 0 bridgehead atoms. The van der Waals surface area contributed by atoms with Crippen molar-refractivity contribution in [3.05, 3.63) is 29.6 Å². The SMILES string of the molecule is NCC1CCc2cccnc2CC1. The topological polar surface area (TPSA) is 38.9 Å². The molecule has 0 spiro atoms. The Morgan fingerprint density at radius 2 is 2.23 bits per heavy atom. The first-order chi connectivity index (χ1) is 6.40. The van der Waals surface area contributed by atoms with E-state index in [1.54, 1.807) is 0 Å². The Bertz CT molecular complexity index is 256. The summed E-state index contributed by atoms with van der Waals surface area (Å²) in [5.74, 6) is 0.703. The summed E-state index contributed by atoms with van der Waals surface area (Å²) in [4.78, 5) is 4.41. The number of hydrogen-bond donors (Lipinski definition) is 1. The molecule has 1 aromatic heterocycles. The lowest BCUT2D eigenvalue weighted by Crippen LogP contribution is -2.14. The number of rotatable bonds is 1. The number of aromatic nitrogens is 1. The highest BCUT2D eigenvalue weighted by atomic mass is 14.7. The van der Waals surface area contributed by atoms with Gasteiger partial charge in [0.25, 0.3) is 0 Å². The molecule has 0 saturated heterocycles. The first-order valence-electron chi connectivity index (χ1n) is 5.03. The summed E-state index contributed by atoms with van der Waals surface area (Å²) in [7, 11) is 0. The third-order valence-corrected chi connectivity index (χ3v) is 2.93. The van der Waals surface area contributed by atoms with Crippen LogP contribution >= 0.6 is 0 Å². The van der Waals surface area contributed by atoms with E-state index in [4.69, 9.17) is 5.73 Å². The van der Waals surface area contributed by atoms with Crippen molar-refractivity contribution in [1.82, 2.24) is 4.98 Å². The summed E-state index contributed by atoms with van der Waals surface area (Å²) < 4.78 is 0. The molecule has 0 saturated carbocycles. The normalized spacial score (nSPS) is 22.1. The largest absolute Gasteiger partial charge is 0.330 e. The number of fused-ring (bicyclic) bond motifs is 1. The van der Waals surface area contributed by atoms with Crippen LogP contribution in [0.3, 0.4) is 0 Å². The highest BCUT2D eigenvalue weighted by molar-refractivity contribution is 5.21. The molecule has 2 rings (SSSR count). The van der Waals surface area contributed by atoms with Crippen molar-refractivity contribution in [2.75, 3.05) is 6.54 Å². The number of aryl methyl sites for hydroxylation is 2. The van der Waals surface area contributed by atoms with Gasteiger partial charge in [0.1, 0.15) is 0 Å². The van der Waals surface area contributed by atoms with Gasteiger partial charge in [0, 0.05) is 11.9 Å². The van der Waals surface area contributed by atoms with Crippen molar-refractivity contribution in [3.63, 3.8) is 0 Å². The van der Waals surface area contributed by atoms with E-state index in [-0.39, 0.29) is 0 Å². The number of nitrogens with two attached hydrogens (primary N) is 1. The third-order valence-electron chi connectivity index (χ3n) is 2.93. The van der Waals surface area contributed by atoms with Crippen molar-refractivity contribution in [3.8, 4) is 0 Å². The van der Waals surface area contributed by atoms with Gasteiger partial charge in [-0.05, 0) is 49.8 Å². The van der Waals surface area contributed by atoms with Gasteiger partial charge in [-0.1, -0.05) is 6.07 Å². The van der Waals surface area contributed by atoms with Gasteiger partial charge >= 0.3 is 0 Å². The lowest BCUT2D eigenvalue weighted by atomic mass is 10.0. The van der Waals surface area contributed by atoms with Crippen molar-refractivity contribution >= 4 is 0 Å². The molecule has 0 aromatic carbocycles. The van der Waals surface area contributed by atoms with Crippen LogP contribution in [0.1, 0.15) is 24.1 Å². The molecule has 1 aliphatic carbocycles. The first-order valence-corrected chi connectivity index (χ1v) is 5.03. The molecule has 70 valence electrons. The third kappa shape index (κ3) is 1.89. The summed E-state index contributed by atoms with van der Waals surface area (Å²) in [5.41, 5.74) is 8.41. The Morgan fingerprint density at radius 3 is 3.08 bits per heavy atom. The van der Waals surface area contributed by atoms with Crippen molar-refractivity contribution in [1.29, 1.82) is 0 Å². The van der Waals surface area contributed by atoms with Crippen LogP contribution < -0.4 is 5.73 Å². The molecule has 0 fully saturated rings. The molecule has 1 aliphatic rings. The molecule has 13 heavy (non-hydrogen) atoms. The van der Waals surface area contributed by atoms with Crippen LogP contribution in [0, 0.1) is 5.92 Å². The second-order valence-electron chi connectivity index (χ2n) is 3.79. The quantitative estimate of drug-likeness (QED) is 0.659. The Kier molecular flexibility index (Phi) is 2.60. The minimum absolute atomic E-state index is 0.703. The van der Waals surface area contributed by atoms with Crippen molar-refractivity contribution < 1.29 is 0 Å². The average Bonchev–Trinajstić information content (AvgIpc) is 2.39. The minimum Gasteiger partial charge on any atom is -0.330 e. The molecule has 2 N–H and O–H groups in total. The second kappa shape index (κ2) is 3.88. The number of nitrogens with zero attached hydrogens (tertiary/aromatic N) is 1. The Balaban J connectivity index is 2.17.